The van der Waals surface area contributed by atoms with Gasteiger partial charge < -0.3 is 5.32 Å². The summed E-state index contributed by atoms with van der Waals surface area (Å²) in [5, 5.41) is 7.10. The number of aromatic nitrogens is 2. The summed E-state index contributed by atoms with van der Waals surface area (Å²) in [6.07, 6.45) is 7.54. The van der Waals surface area contributed by atoms with Crippen LogP contribution in [0, 0.1) is 11.3 Å². The summed E-state index contributed by atoms with van der Waals surface area (Å²) in [7, 11) is 1.91. The molecule has 1 aromatic rings. The number of amides is 1. The number of nitrogens with zero attached hydrogens (tertiary/aromatic N) is 3. The van der Waals surface area contributed by atoms with Crippen LogP contribution in [0.1, 0.15) is 44.1 Å². The number of carbonyl (C=O) groups is 1. The fourth-order valence-corrected chi connectivity index (χ4v) is 5.03. The van der Waals surface area contributed by atoms with Crippen LogP contribution in [0.25, 0.3) is 0 Å². The molecule has 5 nitrogen and oxygen atoms in total. The minimum Gasteiger partial charge on any atom is -0.353 e. The summed E-state index contributed by atoms with van der Waals surface area (Å²) < 4.78 is 27.8. The van der Waals surface area contributed by atoms with Crippen molar-refractivity contribution in [2.24, 2.45) is 18.4 Å². The van der Waals surface area contributed by atoms with E-state index in [1.807, 2.05) is 19.4 Å². The first-order valence-electron chi connectivity index (χ1n) is 9.23. The number of hydrogen-bond donors (Lipinski definition) is 1. The predicted molar refractivity (Wildman–Crippen MR) is 89.0 cm³/mol. The maximum Gasteiger partial charge on any atom is 0.252 e. The minimum atomic E-state index is -2.58. The second-order valence-corrected chi connectivity index (χ2v) is 8.26. The van der Waals surface area contributed by atoms with Crippen LogP contribution in [-0.2, 0) is 18.4 Å². The van der Waals surface area contributed by atoms with Crippen molar-refractivity contribution in [3.05, 3.63) is 18.0 Å². The number of halogens is 2. The average Bonchev–Trinajstić information content (AvgIpc) is 3.20. The zero-order valence-electron chi connectivity index (χ0n) is 14.7. The number of nitrogens with one attached hydrogen (secondary N) is 1. The molecule has 25 heavy (non-hydrogen) atoms. The molecule has 1 N–H and O–H groups in total. The first-order chi connectivity index (χ1) is 11.9. The van der Waals surface area contributed by atoms with Crippen molar-refractivity contribution >= 4 is 5.91 Å². The first kappa shape index (κ1) is 16.9. The van der Waals surface area contributed by atoms with E-state index in [1.165, 1.54) is 5.56 Å². The molecule has 1 spiro atoms. The Bertz CT molecular complexity index is 653. The molecule has 0 radical (unpaired) electrons. The van der Waals surface area contributed by atoms with Crippen LogP contribution in [0.4, 0.5) is 8.78 Å². The molecule has 0 unspecified atom stereocenters. The Morgan fingerprint density at radius 3 is 2.88 bits per heavy atom. The fraction of sp³-hybridized carbons (Fsp3) is 0.778. The summed E-state index contributed by atoms with van der Waals surface area (Å²) >= 11 is 0. The largest absolute Gasteiger partial charge is 0.353 e. The SMILES string of the molecule is Cn1cc(CN2CC[C@]3(CCC[C@H]3C(=O)NC3CC(F)(F)C3)C2)cn1. The Hall–Kier alpha value is -1.50. The monoisotopic (exact) mass is 352 g/mol. The molecule has 2 heterocycles. The van der Waals surface area contributed by atoms with Gasteiger partial charge in [0.2, 0.25) is 5.91 Å². The second-order valence-electron chi connectivity index (χ2n) is 8.26. The lowest BCUT2D eigenvalue weighted by molar-refractivity contribution is -0.135. The van der Waals surface area contributed by atoms with E-state index in [0.717, 1.165) is 45.3 Å². The first-order valence-corrected chi connectivity index (χ1v) is 9.23. The summed E-state index contributed by atoms with van der Waals surface area (Å²) in [4.78, 5) is 15.1. The molecule has 0 bridgehead atoms. The quantitative estimate of drug-likeness (QED) is 0.905. The fourth-order valence-electron chi connectivity index (χ4n) is 5.03. The van der Waals surface area contributed by atoms with Gasteiger partial charge in [0.25, 0.3) is 5.92 Å². The van der Waals surface area contributed by atoms with Crippen molar-refractivity contribution in [2.75, 3.05) is 13.1 Å². The summed E-state index contributed by atoms with van der Waals surface area (Å²) in [6.45, 7) is 2.76. The summed E-state index contributed by atoms with van der Waals surface area (Å²) in [5.74, 6) is -2.61. The van der Waals surface area contributed by atoms with Gasteiger partial charge in [0.15, 0.2) is 0 Å². The Labute approximate surface area is 146 Å². The van der Waals surface area contributed by atoms with E-state index < -0.39 is 5.92 Å². The standard InChI is InChI=1S/C18H26F2N4O/c1-23-10-13(9-21-23)11-24-6-5-17(12-24)4-2-3-15(17)16(25)22-14-7-18(19,20)8-14/h9-10,14-15H,2-8,11-12H2,1H3,(H,22,25)/t15-,17+/m0/s1. The van der Waals surface area contributed by atoms with Gasteiger partial charge in [-0.1, -0.05) is 6.42 Å². The number of alkyl halides is 2. The van der Waals surface area contributed by atoms with Crippen molar-refractivity contribution in [3.63, 3.8) is 0 Å². The molecule has 138 valence electrons. The molecule has 4 rings (SSSR count). The van der Waals surface area contributed by atoms with Gasteiger partial charge in [-0.3, -0.25) is 14.4 Å². The van der Waals surface area contributed by atoms with E-state index in [0.29, 0.717) is 0 Å². The van der Waals surface area contributed by atoms with Gasteiger partial charge in [-0.15, -0.1) is 0 Å². The van der Waals surface area contributed by atoms with E-state index in [9.17, 15) is 13.6 Å². The lowest BCUT2D eigenvalue weighted by Crippen LogP contribution is -2.53. The van der Waals surface area contributed by atoms with Crippen molar-refractivity contribution in [3.8, 4) is 0 Å². The Kier molecular flexibility index (Phi) is 4.09. The maximum atomic E-state index is 13.0. The van der Waals surface area contributed by atoms with Gasteiger partial charge in [0, 0.05) is 56.7 Å². The van der Waals surface area contributed by atoms with E-state index in [2.05, 4.69) is 15.3 Å². The van der Waals surface area contributed by atoms with Gasteiger partial charge >= 0.3 is 0 Å². The normalized spacial score (nSPS) is 32.2. The van der Waals surface area contributed by atoms with Gasteiger partial charge in [0.1, 0.15) is 0 Å². The van der Waals surface area contributed by atoms with Gasteiger partial charge in [0.05, 0.1) is 6.20 Å². The molecule has 1 aliphatic heterocycles. The molecule has 3 fully saturated rings. The summed E-state index contributed by atoms with van der Waals surface area (Å²) in [5.41, 5.74) is 1.22. The molecule has 1 saturated heterocycles. The lowest BCUT2D eigenvalue weighted by atomic mass is 9.76. The zero-order chi connectivity index (χ0) is 17.7. The van der Waals surface area contributed by atoms with Crippen LogP contribution in [0.3, 0.4) is 0 Å². The van der Waals surface area contributed by atoms with Crippen LogP contribution in [0.2, 0.25) is 0 Å². The Morgan fingerprint density at radius 1 is 1.40 bits per heavy atom. The molecule has 1 amide bonds. The molecular formula is C18H26F2N4O. The van der Waals surface area contributed by atoms with Crippen molar-refractivity contribution < 1.29 is 13.6 Å². The zero-order valence-corrected chi connectivity index (χ0v) is 14.7. The van der Waals surface area contributed by atoms with Crippen LogP contribution < -0.4 is 5.32 Å². The molecule has 2 saturated carbocycles. The Balaban J connectivity index is 1.36. The van der Waals surface area contributed by atoms with Gasteiger partial charge in [-0.2, -0.15) is 5.10 Å². The van der Waals surface area contributed by atoms with Crippen molar-refractivity contribution in [2.45, 2.75) is 57.0 Å². The van der Waals surface area contributed by atoms with E-state index in [1.54, 1.807) is 4.68 Å². The number of carbonyl (C=O) groups excluding carboxylic acids is 1. The molecule has 2 atom stereocenters. The maximum absolute atomic E-state index is 13.0. The van der Waals surface area contributed by atoms with Crippen molar-refractivity contribution in [1.29, 1.82) is 0 Å². The molecule has 1 aromatic heterocycles. The molecule has 2 aliphatic carbocycles. The topological polar surface area (TPSA) is 50.2 Å². The highest BCUT2D eigenvalue weighted by Gasteiger charge is 2.52. The molecule has 7 heteroatoms. The van der Waals surface area contributed by atoms with Crippen LogP contribution in [0.5, 0.6) is 0 Å². The highest BCUT2D eigenvalue weighted by molar-refractivity contribution is 5.80. The molecular weight excluding hydrogens is 326 g/mol. The van der Waals surface area contributed by atoms with E-state index in [-0.39, 0.29) is 36.1 Å². The third kappa shape index (κ3) is 3.30. The highest BCUT2D eigenvalue weighted by Crippen LogP contribution is 2.50. The molecule has 0 aromatic carbocycles. The second kappa shape index (κ2) is 6.04. The van der Waals surface area contributed by atoms with E-state index in [4.69, 9.17) is 0 Å². The molecule has 3 aliphatic rings. The number of aryl methyl sites for hydroxylation is 1. The number of rotatable bonds is 4. The van der Waals surface area contributed by atoms with Gasteiger partial charge in [-0.05, 0) is 31.2 Å². The summed E-state index contributed by atoms with van der Waals surface area (Å²) in [6, 6.07) is -0.340. The predicted octanol–water partition coefficient (Wildman–Crippen LogP) is 2.33. The van der Waals surface area contributed by atoms with Crippen LogP contribution >= 0.6 is 0 Å². The van der Waals surface area contributed by atoms with E-state index >= 15 is 0 Å². The van der Waals surface area contributed by atoms with Crippen molar-refractivity contribution in [1.82, 2.24) is 20.0 Å². The minimum absolute atomic E-state index is 0.00114. The average molecular weight is 352 g/mol. The smallest absolute Gasteiger partial charge is 0.252 e. The third-order valence-electron chi connectivity index (χ3n) is 6.29. The highest BCUT2D eigenvalue weighted by atomic mass is 19.3. The lowest BCUT2D eigenvalue weighted by Gasteiger charge is -2.38. The van der Waals surface area contributed by atoms with Crippen LogP contribution in [0.15, 0.2) is 12.4 Å². The van der Waals surface area contributed by atoms with Gasteiger partial charge in [-0.25, -0.2) is 8.78 Å². The number of likely N-dealkylation sites (tertiary alicyclic amines) is 1. The number of hydrogen-bond acceptors (Lipinski definition) is 3. The third-order valence-corrected chi connectivity index (χ3v) is 6.29. The van der Waals surface area contributed by atoms with Crippen LogP contribution in [-0.4, -0.2) is 45.6 Å². The Morgan fingerprint density at radius 2 is 2.20 bits per heavy atom.